The number of nitrogens with zero attached hydrogens (tertiary/aromatic N) is 1. The first kappa shape index (κ1) is 26.8. The Balaban J connectivity index is -0.000000134. The molecular weight excluding hydrogens is 267 g/mol. The topological polar surface area (TPSA) is 113 Å². The van der Waals surface area contributed by atoms with Gasteiger partial charge < -0.3 is 21.1 Å². The monoisotopic (exact) mass is 298 g/mol. The maximum Gasteiger partial charge on any atom is 0.305 e. The molecule has 0 aliphatic rings. The average molecular weight is 298 g/mol. The molecule has 7 nitrogen and oxygen atoms in total. The second kappa shape index (κ2) is 22.5. The van der Waals surface area contributed by atoms with Gasteiger partial charge in [-0.15, -0.1) is 0 Å². The molecule has 0 spiro atoms. The molecule has 7 heteroatoms. The van der Waals surface area contributed by atoms with Crippen LogP contribution in [0.2, 0.25) is 0 Å². The fourth-order valence-electron chi connectivity index (χ4n) is 0.652. The second-order valence-electron chi connectivity index (χ2n) is 3.34. The van der Waals surface area contributed by atoms with Gasteiger partial charge in [0.2, 0.25) is 11.8 Å². The number of carbonyl (C=O) groups is 3. The Bertz CT molecular complexity index is 240. The summed E-state index contributed by atoms with van der Waals surface area (Å²) in [6.45, 7) is 9.79. The zero-order valence-corrected chi connectivity index (χ0v) is 13.8. The summed E-state index contributed by atoms with van der Waals surface area (Å²) in [5.74, 6) is -1.39. The molecule has 0 saturated heterocycles. The molecule has 20 heavy (non-hydrogen) atoms. The van der Waals surface area contributed by atoms with E-state index >= 15 is 0 Å². The first-order chi connectivity index (χ1) is 9.25. The van der Waals surface area contributed by atoms with Crippen molar-refractivity contribution in [3.8, 4) is 0 Å². The van der Waals surface area contributed by atoms with Gasteiger partial charge in [0.05, 0.1) is 13.0 Å². The summed E-state index contributed by atoms with van der Waals surface area (Å²) in [7, 11) is 3.55. The highest BCUT2D eigenvalue weighted by Gasteiger charge is 2.02. The molecule has 0 aromatic heterocycles. The normalized spacial score (nSPS) is 7.80. The van der Waals surface area contributed by atoms with Crippen LogP contribution >= 0.6 is 0 Å². The lowest BCUT2D eigenvalue weighted by atomic mass is 10.4. The van der Waals surface area contributed by atoms with Crippen molar-refractivity contribution in [2.75, 3.05) is 27.2 Å². The van der Waals surface area contributed by atoms with Gasteiger partial charge in [0, 0.05) is 13.5 Å². The molecule has 0 radical (unpaired) electrons. The highest BCUT2D eigenvalue weighted by Crippen LogP contribution is 1.77. The van der Waals surface area contributed by atoms with E-state index in [-0.39, 0.29) is 24.8 Å². The van der Waals surface area contributed by atoms with Gasteiger partial charge in [-0.05, 0) is 14.1 Å². The van der Waals surface area contributed by atoms with Crippen molar-refractivity contribution < 1.29 is 19.5 Å². The summed E-state index contributed by atoms with van der Waals surface area (Å²) in [6, 6.07) is 0. The number of hydrogen-bond donors (Lipinski definition) is 3. The largest absolute Gasteiger partial charge is 0.481 e. The zero-order valence-electron chi connectivity index (χ0n) is 13.8. The molecule has 0 bridgehead atoms. The predicted octanol–water partition coefficient (Wildman–Crippen LogP) is 0.683. The lowest BCUT2D eigenvalue weighted by Gasteiger charge is -2.08. The Morgan fingerprint density at radius 2 is 1.45 bits per heavy atom. The van der Waals surface area contributed by atoms with Crippen LogP contribution in [0.25, 0.3) is 0 Å². The molecule has 0 aromatic carbocycles. The number of aliphatic carboxylic acids is 1. The van der Waals surface area contributed by atoms with Gasteiger partial charge in [-0.2, -0.15) is 0 Å². The van der Waals surface area contributed by atoms with Crippen molar-refractivity contribution in [3.05, 3.63) is 0 Å². The number of amides is 2. The minimum atomic E-state index is -0.903. The standard InChI is InChI=1S/C7H14N2O3.C2H5NO.2C2H6/c1-9(2)5-6(10)8-4-3-7(11)12;1-2(3)4;2*1-2/h3-5H2,1-2H3,(H,8,10)(H,11,12);1H3,(H2,3,4);2*1-2H3/i5+1;;2*1+1,2+1. The lowest BCUT2D eigenvalue weighted by molar-refractivity contribution is -0.137. The lowest BCUT2D eigenvalue weighted by Crippen LogP contribution is -2.34. The maximum absolute atomic E-state index is 10.9. The zero-order chi connectivity index (χ0) is 17.1. The predicted molar refractivity (Wildman–Crippen MR) is 81.4 cm³/mol. The molecule has 0 saturated carbocycles. The minimum absolute atomic E-state index is 0.0286. The SMILES string of the molecule is CC(N)=O.CN(C)[13CH2]C(=O)NCCC(=O)O.[13CH3][13CH3].[13CH3][13CH3]. The van der Waals surface area contributed by atoms with Crippen LogP contribution in [-0.4, -0.2) is 55.0 Å². The summed E-state index contributed by atoms with van der Waals surface area (Å²) in [5, 5.41) is 10.7. The van der Waals surface area contributed by atoms with Gasteiger partial charge in [-0.25, -0.2) is 0 Å². The van der Waals surface area contributed by atoms with Crippen molar-refractivity contribution >= 4 is 17.8 Å². The number of primary amides is 1. The van der Waals surface area contributed by atoms with Crippen molar-refractivity contribution in [1.82, 2.24) is 10.2 Å². The number of carbonyl (C=O) groups excluding carboxylic acids is 2. The quantitative estimate of drug-likeness (QED) is 0.646. The molecule has 0 rings (SSSR count). The van der Waals surface area contributed by atoms with E-state index in [0.717, 1.165) is 0 Å². The average Bonchev–Trinajstić information content (AvgIpc) is 2.32. The molecular formula is C13H31N3O4. The number of nitrogens with two attached hydrogens (primary N) is 1. The molecule has 4 N–H and O–H groups in total. The molecule has 0 atom stereocenters. The minimum Gasteiger partial charge on any atom is -0.481 e. The molecule has 0 unspecified atom stereocenters. The summed E-state index contributed by atoms with van der Waals surface area (Å²) >= 11 is 0. The number of likely N-dealkylation sites (N-methyl/N-ethyl adjacent to an activating group) is 1. The smallest absolute Gasteiger partial charge is 0.305 e. The van der Waals surface area contributed by atoms with E-state index in [2.05, 4.69) is 11.1 Å². The van der Waals surface area contributed by atoms with Crippen LogP contribution < -0.4 is 11.1 Å². The Kier molecular flexibility index (Phi) is 30.3. The highest BCUT2D eigenvalue weighted by molar-refractivity contribution is 5.78. The van der Waals surface area contributed by atoms with Gasteiger partial charge in [0.1, 0.15) is 0 Å². The van der Waals surface area contributed by atoms with E-state index in [9.17, 15) is 14.4 Å². The maximum atomic E-state index is 10.9. The molecule has 0 heterocycles. The third-order valence-corrected chi connectivity index (χ3v) is 1.12. The molecule has 0 aromatic rings. The third kappa shape index (κ3) is 55.2. The van der Waals surface area contributed by atoms with E-state index in [1.165, 1.54) is 6.92 Å². The van der Waals surface area contributed by atoms with Gasteiger partial charge in [-0.1, -0.05) is 27.7 Å². The Morgan fingerprint density at radius 3 is 1.70 bits per heavy atom. The summed E-state index contributed by atoms with van der Waals surface area (Å²) in [4.78, 5) is 31.9. The van der Waals surface area contributed by atoms with E-state index in [1.54, 1.807) is 19.0 Å². The number of carboxylic acids is 1. The Labute approximate surface area is 122 Å². The third-order valence-electron chi connectivity index (χ3n) is 1.12. The van der Waals surface area contributed by atoms with Crippen LogP contribution in [0.15, 0.2) is 0 Å². The number of rotatable bonds is 5. The Hall–Kier alpha value is -1.63. The van der Waals surface area contributed by atoms with E-state index < -0.39 is 5.97 Å². The molecule has 0 aliphatic carbocycles. The fraction of sp³-hybridized carbons (Fsp3) is 0.769. The van der Waals surface area contributed by atoms with Crippen molar-refractivity contribution in [1.29, 1.82) is 0 Å². The first-order valence-corrected chi connectivity index (χ1v) is 6.65. The van der Waals surface area contributed by atoms with Crippen LogP contribution in [-0.2, 0) is 14.4 Å². The first-order valence-electron chi connectivity index (χ1n) is 6.65. The van der Waals surface area contributed by atoms with Gasteiger partial charge in [-0.3, -0.25) is 14.4 Å². The highest BCUT2D eigenvalue weighted by atomic mass is 16.4. The summed E-state index contributed by atoms with van der Waals surface area (Å²) < 4.78 is 0. The van der Waals surface area contributed by atoms with Crippen LogP contribution in [0.3, 0.4) is 0 Å². The molecule has 0 fully saturated rings. The molecule has 2 amide bonds. The van der Waals surface area contributed by atoms with Crippen LogP contribution in [0.4, 0.5) is 0 Å². The van der Waals surface area contributed by atoms with Crippen LogP contribution in [0, 0.1) is 0 Å². The molecule has 0 aliphatic heterocycles. The van der Waals surface area contributed by atoms with E-state index in [0.29, 0.717) is 6.54 Å². The fourth-order valence-corrected chi connectivity index (χ4v) is 0.652. The Morgan fingerprint density at radius 1 is 1.10 bits per heavy atom. The second-order valence-corrected chi connectivity index (χ2v) is 3.34. The van der Waals surface area contributed by atoms with Crippen LogP contribution in [0.5, 0.6) is 0 Å². The number of carboxylic acid groups (broad SMARTS) is 1. The molecule has 122 valence electrons. The number of hydrogen-bond acceptors (Lipinski definition) is 4. The summed E-state index contributed by atoms with van der Waals surface area (Å²) in [5.41, 5.74) is 4.47. The van der Waals surface area contributed by atoms with Gasteiger partial charge >= 0.3 is 5.97 Å². The summed E-state index contributed by atoms with van der Waals surface area (Å²) in [6.07, 6.45) is -0.0286. The van der Waals surface area contributed by atoms with Gasteiger partial charge in [0.25, 0.3) is 0 Å². The van der Waals surface area contributed by atoms with Crippen molar-refractivity contribution in [2.24, 2.45) is 5.73 Å². The van der Waals surface area contributed by atoms with Crippen molar-refractivity contribution in [3.63, 3.8) is 0 Å². The van der Waals surface area contributed by atoms with E-state index in [1.807, 2.05) is 27.7 Å². The number of nitrogens with one attached hydrogen (secondary N) is 1. The van der Waals surface area contributed by atoms with Crippen LogP contribution in [0.1, 0.15) is 41.0 Å². The van der Waals surface area contributed by atoms with E-state index in [4.69, 9.17) is 5.11 Å². The van der Waals surface area contributed by atoms with Gasteiger partial charge in [0.15, 0.2) is 0 Å². The van der Waals surface area contributed by atoms with Crippen molar-refractivity contribution in [2.45, 2.75) is 41.0 Å².